The number of hydrogen-bond donors (Lipinski definition) is 1. The zero-order valence-electron chi connectivity index (χ0n) is 6.70. The van der Waals surface area contributed by atoms with Crippen LogP contribution >= 0.6 is 0 Å². The molecule has 4 heteroatoms. The van der Waals surface area contributed by atoms with E-state index >= 15 is 0 Å². The van der Waals surface area contributed by atoms with Crippen LogP contribution in [0.25, 0.3) is 0 Å². The zero-order valence-corrected chi connectivity index (χ0v) is 8.80. The number of carbonyl (C=O) groups is 1. The molecule has 0 saturated heterocycles. The van der Waals surface area contributed by atoms with Gasteiger partial charge in [0.25, 0.3) is 0 Å². The first-order chi connectivity index (χ1) is 5.70. The van der Waals surface area contributed by atoms with E-state index in [0.717, 1.165) is 4.35 Å². The quantitative estimate of drug-likeness (QED) is 0.704. The van der Waals surface area contributed by atoms with Crippen LogP contribution in [0.3, 0.4) is 0 Å². The van der Waals surface area contributed by atoms with Gasteiger partial charge in [0.05, 0.1) is 0 Å². The fourth-order valence-electron chi connectivity index (χ4n) is 0.822. The number of amides is 1. The number of nitrogens with one attached hydrogen (secondary N) is 1. The van der Waals surface area contributed by atoms with Crippen molar-refractivity contribution in [3.8, 4) is 0 Å². The second-order valence-corrected chi connectivity index (χ2v) is 5.49. The summed E-state index contributed by atoms with van der Waals surface area (Å²) in [6.45, 7) is 1.37. The molecule has 1 atom stereocenters. The van der Waals surface area contributed by atoms with Crippen molar-refractivity contribution in [2.45, 2.75) is 6.92 Å². The molecule has 0 aliphatic rings. The molecular weight excluding hydrogens is 217 g/mol. The average molecular weight is 227 g/mol. The van der Waals surface area contributed by atoms with Crippen LogP contribution in [0.2, 0.25) is 0 Å². The molecule has 1 unspecified atom stereocenters. The maximum absolute atomic E-state index is 11.4. The SMILES string of the molecule is CC(=O)N[AsH](=O)c1ccccc1. The van der Waals surface area contributed by atoms with Gasteiger partial charge in [0.2, 0.25) is 0 Å². The van der Waals surface area contributed by atoms with Crippen molar-refractivity contribution in [2.24, 2.45) is 0 Å². The van der Waals surface area contributed by atoms with Gasteiger partial charge in [-0.3, -0.25) is 0 Å². The van der Waals surface area contributed by atoms with E-state index < -0.39 is 14.8 Å². The van der Waals surface area contributed by atoms with Gasteiger partial charge < -0.3 is 0 Å². The van der Waals surface area contributed by atoms with Gasteiger partial charge in [0.1, 0.15) is 0 Å². The van der Waals surface area contributed by atoms with Gasteiger partial charge in [-0.05, 0) is 0 Å². The van der Waals surface area contributed by atoms with Gasteiger partial charge in [-0.1, -0.05) is 0 Å². The Bertz CT molecular complexity index is 297. The summed E-state index contributed by atoms with van der Waals surface area (Å²) < 4.78 is 14.5. The Kier molecular flexibility index (Phi) is 3.17. The number of carbonyl (C=O) groups excluding carboxylic acids is 1. The second-order valence-electron chi connectivity index (χ2n) is 2.38. The maximum atomic E-state index is 11.4. The molecule has 1 aromatic rings. The summed E-state index contributed by atoms with van der Waals surface area (Å²) in [7, 11) is 0. The molecule has 1 rings (SSSR count). The Morgan fingerprint density at radius 2 is 1.92 bits per heavy atom. The molecule has 0 aliphatic carbocycles. The molecule has 0 radical (unpaired) electrons. The summed E-state index contributed by atoms with van der Waals surface area (Å²) in [4.78, 5) is 10.6. The van der Waals surface area contributed by atoms with E-state index in [1.807, 2.05) is 18.2 Å². The first-order valence-corrected chi connectivity index (χ1v) is 6.52. The minimum absolute atomic E-state index is 0.233. The van der Waals surface area contributed by atoms with Gasteiger partial charge in [-0.2, -0.15) is 0 Å². The summed E-state index contributed by atoms with van der Waals surface area (Å²) in [5.74, 6) is -0.233. The Balaban J connectivity index is 2.73. The normalized spacial score (nSPS) is 12.1. The van der Waals surface area contributed by atoms with Crippen LogP contribution < -0.4 is 8.58 Å². The van der Waals surface area contributed by atoms with E-state index in [2.05, 4.69) is 4.23 Å². The third kappa shape index (κ3) is 2.59. The Hall–Kier alpha value is -0.952. The summed E-state index contributed by atoms with van der Waals surface area (Å²) in [5, 5.41) is 0. The molecule has 0 bridgehead atoms. The van der Waals surface area contributed by atoms with Crippen LogP contribution in [-0.2, 0) is 8.53 Å². The second kappa shape index (κ2) is 4.17. The van der Waals surface area contributed by atoms with Gasteiger partial charge in [-0.25, -0.2) is 0 Å². The van der Waals surface area contributed by atoms with Crippen LogP contribution in [0.15, 0.2) is 30.3 Å². The molecule has 0 fully saturated rings. The van der Waals surface area contributed by atoms with Gasteiger partial charge in [0, 0.05) is 0 Å². The molecule has 3 nitrogen and oxygen atoms in total. The number of benzene rings is 1. The molecule has 0 heterocycles. The topological polar surface area (TPSA) is 46.2 Å². The standard InChI is InChI=1S/C8H10AsNO2/c1-7(11)10-9(12)8-5-3-2-4-6-8/h2-6,9H,1H3,(H,10,11,12). The van der Waals surface area contributed by atoms with Gasteiger partial charge >= 0.3 is 75.1 Å². The molecule has 12 heavy (non-hydrogen) atoms. The molecule has 1 amide bonds. The van der Waals surface area contributed by atoms with E-state index in [1.165, 1.54) is 6.92 Å². The Labute approximate surface area is 75.5 Å². The monoisotopic (exact) mass is 227 g/mol. The molecule has 0 spiro atoms. The Morgan fingerprint density at radius 3 is 2.42 bits per heavy atom. The van der Waals surface area contributed by atoms with Crippen LogP contribution in [0, 0.1) is 0 Å². The van der Waals surface area contributed by atoms with E-state index in [1.54, 1.807) is 12.1 Å². The number of rotatable bonds is 2. The fraction of sp³-hybridized carbons (Fsp3) is 0.125. The molecule has 64 valence electrons. The van der Waals surface area contributed by atoms with Crippen molar-refractivity contribution in [3.05, 3.63) is 30.3 Å². The summed E-state index contributed by atoms with van der Waals surface area (Å²) >= 11 is -2.73. The average Bonchev–Trinajstić information content (AvgIpc) is 2.05. The van der Waals surface area contributed by atoms with Crippen LogP contribution in [-0.4, -0.2) is 20.7 Å². The zero-order chi connectivity index (χ0) is 8.97. The van der Waals surface area contributed by atoms with Gasteiger partial charge in [-0.15, -0.1) is 0 Å². The van der Waals surface area contributed by atoms with Crippen molar-refractivity contribution in [2.75, 3.05) is 0 Å². The van der Waals surface area contributed by atoms with Crippen molar-refractivity contribution in [3.63, 3.8) is 0 Å². The van der Waals surface area contributed by atoms with Crippen molar-refractivity contribution < 1.29 is 8.53 Å². The predicted octanol–water partition coefficient (Wildman–Crippen LogP) is -0.319. The Morgan fingerprint density at radius 1 is 1.33 bits per heavy atom. The van der Waals surface area contributed by atoms with Gasteiger partial charge in [0.15, 0.2) is 0 Å². The third-order valence-corrected chi connectivity index (χ3v) is 4.34. The predicted molar refractivity (Wildman–Crippen MR) is 47.7 cm³/mol. The van der Waals surface area contributed by atoms with E-state index in [-0.39, 0.29) is 5.91 Å². The molecule has 1 N–H and O–H groups in total. The van der Waals surface area contributed by atoms with E-state index in [0.29, 0.717) is 0 Å². The molecule has 0 saturated carbocycles. The van der Waals surface area contributed by atoms with Crippen LogP contribution in [0.4, 0.5) is 0 Å². The summed E-state index contributed by atoms with van der Waals surface area (Å²) in [5.41, 5.74) is 0. The first kappa shape index (κ1) is 9.14. The van der Waals surface area contributed by atoms with Crippen molar-refractivity contribution >= 4 is 25.1 Å². The first-order valence-electron chi connectivity index (χ1n) is 3.57. The van der Waals surface area contributed by atoms with Crippen LogP contribution in [0.5, 0.6) is 0 Å². The van der Waals surface area contributed by atoms with E-state index in [4.69, 9.17) is 0 Å². The number of hydrogen-bond acceptors (Lipinski definition) is 2. The molecular formula is C8H10AsNO2. The molecule has 1 aromatic carbocycles. The molecule has 0 aliphatic heterocycles. The minimum atomic E-state index is -2.73. The van der Waals surface area contributed by atoms with Crippen molar-refractivity contribution in [1.82, 2.24) is 4.23 Å². The van der Waals surface area contributed by atoms with E-state index in [9.17, 15) is 8.53 Å². The van der Waals surface area contributed by atoms with Crippen molar-refractivity contribution in [1.29, 1.82) is 0 Å². The summed E-state index contributed by atoms with van der Waals surface area (Å²) in [6.07, 6.45) is 0. The van der Waals surface area contributed by atoms with Crippen LogP contribution in [0.1, 0.15) is 6.92 Å². The third-order valence-electron chi connectivity index (χ3n) is 1.33. The fourth-order valence-corrected chi connectivity index (χ4v) is 2.83. The summed E-state index contributed by atoms with van der Waals surface area (Å²) in [6, 6.07) is 8.99. The molecule has 0 aromatic heterocycles.